The second kappa shape index (κ2) is 4.91. The predicted octanol–water partition coefficient (Wildman–Crippen LogP) is 4.73. The second-order valence-electron chi connectivity index (χ2n) is 6.80. The summed E-state index contributed by atoms with van der Waals surface area (Å²) >= 11 is 0. The lowest BCUT2D eigenvalue weighted by molar-refractivity contribution is -0.158. The molecule has 3 fully saturated rings. The van der Waals surface area contributed by atoms with Gasteiger partial charge in [-0.15, -0.1) is 0 Å². The maximum absolute atomic E-state index is 13.7. The molecule has 0 aliphatic heterocycles. The van der Waals surface area contributed by atoms with Gasteiger partial charge in [0.2, 0.25) is 0 Å². The third-order valence-corrected chi connectivity index (χ3v) is 5.98. The van der Waals surface area contributed by atoms with E-state index in [4.69, 9.17) is 0 Å². The minimum absolute atomic E-state index is 0.510. The van der Waals surface area contributed by atoms with Gasteiger partial charge in [0.05, 0.1) is 0 Å². The van der Waals surface area contributed by atoms with Crippen molar-refractivity contribution in [3.05, 3.63) is 0 Å². The Labute approximate surface area is 106 Å². The van der Waals surface area contributed by atoms with Crippen molar-refractivity contribution in [3.8, 4) is 0 Å². The Morgan fingerprint density at radius 3 is 1.00 bits per heavy atom. The molecule has 0 aromatic rings. The SMILES string of the molecule is [O]C(C1CCCC1)(C1CCCC1)C1CCCC1. The van der Waals surface area contributed by atoms with E-state index in [1.165, 1.54) is 77.0 Å². The van der Waals surface area contributed by atoms with Crippen LogP contribution in [0.15, 0.2) is 0 Å². The van der Waals surface area contributed by atoms with Gasteiger partial charge in [-0.1, -0.05) is 38.5 Å². The molecule has 0 aromatic heterocycles. The highest BCUT2D eigenvalue weighted by atomic mass is 16.3. The van der Waals surface area contributed by atoms with Crippen LogP contribution in [-0.4, -0.2) is 5.60 Å². The van der Waals surface area contributed by atoms with Crippen LogP contribution in [0.2, 0.25) is 0 Å². The Morgan fingerprint density at radius 2 is 0.765 bits per heavy atom. The van der Waals surface area contributed by atoms with E-state index in [9.17, 15) is 5.11 Å². The van der Waals surface area contributed by atoms with E-state index in [1.807, 2.05) is 0 Å². The third-order valence-electron chi connectivity index (χ3n) is 5.98. The zero-order chi connectivity index (χ0) is 11.7. The largest absolute Gasteiger partial charge is 0.229 e. The molecule has 1 radical (unpaired) electrons. The Kier molecular flexibility index (Phi) is 3.47. The third kappa shape index (κ3) is 2.05. The van der Waals surface area contributed by atoms with Crippen LogP contribution in [0.25, 0.3) is 0 Å². The molecule has 3 rings (SSSR count). The van der Waals surface area contributed by atoms with Crippen molar-refractivity contribution in [1.29, 1.82) is 0 Å². The molecule has 0 unspecified atom stereocenters. The second-order valence-corrected chi connectivity index (χ2v) is 6.80. The van der Waals surface area contributed by atoms with Crippen molar-refractivity contribution in [2.75, 3.05) is 0 Å². The van der Waals surface area contributed by atoms with Crippen LogP contribution in [0.5, 0.6) is 0 Å². The summed E-state index contributed by atoms with van der Waals surface area (Å²) in [7, 11) is 0. The zero-order valence-corrected chi connectivity index (χ0v) is 11.1. The molecule has 1 nitrogen and oxygen atoms in total. The molecule has 0 atom stereocenters. The van der Waals surface area contributed by atoms with E-state index in [0.29, 0.717) is 17.8 Å². The minimum Gasteiger partial charge on any atom is -0.229 e. The molecule has 3 saturated carbocycles. The summed E-state index contributed by atoms with van der Waals surface area (Å²) < 4.78 is 0. The van der Waals surface area contributed by atoms with E-state index in [1.54, 1.807) is 0 Å². The van der Waals surface area contributed by atoms with E-state index >= 15 is 0 Å². The van der Waals surface area contributed by atoms with Crippen molar-refractivity contribution in [2.45, 2.75) is 82.7 Å². The highest BCUT2D eigenvalue weighted by molar-refractivity contribution is 5.01. The highest BCUT2D eigenvalue weighted by Crippen LogP contribution is 2.52. The Hall–Kier alpha value is -0.0400. The lowest BCUT2D eigenvalue weighted by Gasteiger charge is -2.42. The van der Waals surface area contributed by atoms with Crippen LogP contribution in [0.3, 0.4) is 0 Å². The maximum Gasteiger partial charge on any atom is 0.112 e. The Bertz CT molecular complexity index is 201. The summed E-state index contributed by atoms with van der Waals surface area (Å²) in [6.45, 7) is 0. The first-order valence-corrected chi connectivity index (χ1v) is 8.02. The van der Waals surface area contributed by atoms with Crippen molar-refractivity contribution in [3.63, 3.8) is 0 Å². The van der Waals surface area contributed by atoms with E-state index in [2.05, 4.69) is 0 Å². The van der Waals surface area contributed by atoms with Crippen molar-refractivity contribution in [1.82, 2.24) is 0 Å². The lowest BCUT2D eigenvalue weighted by atomic mass is 9.67. The highest BCUT2D eigenvalue weighted by Gasteiger charge is 2.52. The standard InChI is InChI=1S/C16H27O/c17-16(13-7-1-2-8-13,14-9-3-4-10-14)15-11-5-6-12-15/h13-15H,1-12H2. The van der Waals surface area contributed by atoms with Crippen molar-refractivity contribution in [2.24, 2.45) is 17.8 Å². The van der Waals surface area contributed by atoms with Gasteiger partial charge in [0.1, 0.15) is 5.60 Å². The molecule has 0 amide bonds. The number of rotatable bonds is 3. The fourth-order valence-electron chi connectivity index (χ4n) is 5.13. The molecular weight excluding hydrogens is 208 g/mol. The van der Waals surface area contributed by atoms with Crippen LogP contribution in [0.1, 0.15) is 77.0 Å². The summed E-state index contributed by atoms with van der Waals surface area (Å²) in [5, 5.41) is 13.7. The normalized spacial score (nSPS) is 29.5. The summed E-state index contributed by atoms with van der Waals surface area (Å²) in [5.74, 6) is 1.61. The molecule has 0 heterocycles. The molecule has 0 aromatic carbocycles. The molecule has 0 bridgehead atoms. The van der Waals surface area contributed by atoms with Gasteiger partial charge in [-0.3, -0.25) is 0 Å². The molecule has 3 aliphatic rings. The van der Waals surface area contributed by atoms with Crippen LogP contribution in [0.4, 0.5) is 0 Å². The fraction of sp³-hybridized carbons (Fsp3) is 1.00. The Balaban J connectivity index is 1.81. The average molecular weight is 235 g/mol. The molecule has 0 N–H and O–H groups in total. The van der Waals surface area contributed by atoms with E-state index in [0.717, 1.165) is 0 Å². The van der Waals surface area contributed by atoms with Gasteiger partial charge in [-0.05, 0) is 56.3 Å². The van der Waals surface area contributed by atoms with Gasteiger partial charge in [0.15, 0.2) is 0 Å². The van der Waals surface area contributed by atoms with Crippen LogP contribution >= 0.6 is 0 Å². The quantitative estimate of drug-likeness (QED) is 0.674. The topological polar surface area (TPSA) is 19.9 Å². The molecule has 0 saturated heterocycles. The van der Waals surface area contributed by atoms with Gasteiger partial charge in [-0.25, -0.2) is 5.11 Å². The molecule has 97 valence electrons. The first-order valence-electron chi connectivity index (χ1n) is 8.02. The first kappa shape index (κ1) is 12.0. The minimum atomic E-state index is -0.510. The average Bonchev–Trinajstić information content (AvgIpc) is 3.10. The smallest absolute Gasteiger partial charge is 0.112 e. The predicted molar refractivity (Wildman–Crippen MR) is 69.3 cm³/mol. The molecule has 17 heavy (non-hydrogen) atoms. The van der Waals surface area contributed by atoms with Crippen molar-refractivity contribution < 1.29 is 5.11 Å². The monoisotopic (exact) mass is 235 g/mol. The molecule has 3 aliphatic carbocycles. The van der Waals surface area contributed by atoms with Gasteiger partial charge < -0.3 is 0 Å². The molecule has 1 heteroatoms. The van der Waals surface area contributed by atoms with Gasteiger partial charge in [0, 0.05) is 0 Å². The summed E-state index contributed by atoms with van der Waals surface area (Å²) in [6, 6.07) is 0. The molecule has 0 spiro atoms. The molecular formula is C16H27O. The Morgan fingerprint density at radius 1 is 0.529 bits per heavy atom. The zero-order valence-electron chi connectivity index (χ0n) is 11.1. The number of hydrogen-bond acceptors (Lipinski definition) is 0. The van der Waals surface area contributed by atoms with E-state index < -0.39 is 5.60 Å². The maximum atomic E-state index is 13.7. The fourth-order valence-corrected chi connectivity index (χ4v) is 5.13. The summed E-state index contributed by atoms with van der Waals surface area (Å²) in [6.07, 6.45) is 15.4. The summed E-state index contributed by atoms with van der Waals surface area (Å²) in [5.41, 5.74) is -0.510. The lowest BCUT2D eigenvalue weighted by Crippen LogP contribution is -2.48. The van der Waals surface area contributed by atoms with Gasteiger partial charge in [-0.2, -0.15) is 0 Å². The van der Waals surface area contributed by atoms with Gasteiger partial charge >= 0.3 is 0 Å². The van der Waals surface area contributed by atoms with E-state index in [-0.39, 0.29) is 0 Å². The van der Waals surface area contributed by atoms with Crippen LogP contribution in [0, 0.1) is 17.8 Å². The van der Waals surface area contributed by atoms with Crippen LogP contribution in [-0.2, 0) is 5.11 Å². The van der Waals surface area contributed by atoms with Gasteiger partial charge in [0.25, 0.3) is 0 Å². The summed E-state index contributed by atoms with van der Waals surface area (Å²) in [4.78, 5) is 0. The van der Waals surface area contributed by atoms with Crippen molar-refractivity contribution >= 4 is 0 Å². The number of hydrogen-bond donors (Lipinski definition) is 0. The van der Waals surface area contributed by atoms with Crippen LogP contribution < -0.4 is 0 Å². The first-order chi connectivity index (χ1) is 8.32.